The summed E-state index contributed by atoms with van der Waals surface area (Å²) in [6, 6.07) is 18.4. The lowest BCUT2D eigenvalue weighted by Crippen LogP contribution is -2.10. The van der Waals surface area contributed by atoms with Crippen LogP contribution in [0.15, 0.2) is 77.9 Å². The number of halogens is 1. The van der Waals surface area contributed by atoms with E-state index in [0.717, 1.165) is 22.2 Å². The van der Waals surface area contributed by atoms with Crippen LogP contribution in [0.3, 0.4) is 0 Å². The second-order valence-corrected chi connectivity index (χ2v) is 8.54. The average molecular weight is 499 g/mol. The highest BCUT2D eigenvalue weighted by molar-refractivity contribution is 6.30. The number of H-pyrrole nitrogens is 2. The van der Waals surface area contributed by atoms with E-state index in [2.05, 4.69) is 20.3 Å². The van der Waals surface area contributed by atoms with Crippen LogP contribution in [0.1, 0.15) is 5.69 Å². The van der Waals surface area contributed by atoms with Crippen molar-refractivity contribution >= 4 is 33.4 Å². The fraction of sp³-hybridized carbons (Fsp3) is 0.0769. The number of aromatic nitrogens is 6. The summed E-state index contributed by atoms with van der Waals surface area (Å²) >= 11 is 5.96. The molecular weight excluding hydrogens is 480 g/mol. The van der Waals surface area contributed by atoms with Gasteiger partial charge in [-0.2, -0.15) is 0 Å². The minimum Gasteiger partial charge on any atom is -0.493 e. The van der Waals surface area contributed by atoms with E-state index in [1.165, 1.54) is 7.11 Å². The van der Waals surface area contributed by atoms with E-state index in [1.54, 1.807) is 35.1 Å². The molecule has 0 saturated heterocycles. The third-order valence-corrected chi connectivity index (χ3v) is 6.09. The number of hydrogen-bond acceptors (Lipinski definition) is 6. The van der Waals surface area contributed by atoms with Gasteiger partial charge in [0.15, 0.2) is 11.5 Å². The molecule has 0 saturated carbocycles. The SMILES string of the molecule is COc1cc2c(=O)[nH]c(-c3c[nH]c4ccccc34)nc2cc1OCc1cn(-c2ccc(Cl)cc2)nn1. The van der Waals surface area contributed by atoms with Gasteiger partial charge < -0.3 is 19.4 Å². The van der Waals surface area contributed by atoms with Crippen LogP contribution in [0.5, 0.6) is 11.5 Å². The van der Waals surface area contributed by atoms with Crippen LogP contribution < -0.4 is 15.0 Å². The fourth-order valence-corrected chi connectivity index (χ4v) is 4.18. The van der Waals surface area contributed by atoms with Crippen LogP contribution in [0.25, 0.3) is 38.9 Å². The van der Waals surface area contributed by atoms with Crippen molar-refractivity contribution in [2.24, 2.45) is 0 Å². The van der Waals surface area contributed by atoms with Crippen molar-refractivity contribution in [1.82, 2.24) is 29.9 Å². The molecule has 0 radical (unpaired) electrons. The Labute approximate surface area is 209 Å². The van der Waals surface area contributed by atoms with E-state index < -0.39 is 0 Å². The maximum Gasteiger partial charge on any atom is 0.259 e. The van der Waals surface area contributed by atoms with E-state index in [4.69, 9.17) is 26.1 Å². The molecule has 3 aromatic carbocycles. The molecule has 10 heteroatoms. The summed E-state index contributed by atoms with van der Waals surface area (Å²) in [6.07, 6.45) is 3.61. The molecule has 0 bridgehead atoms. The maximum absolute atomic E-state index is 12.9. The van der Waals surface area contributed by atoms with Crippen molar-refractivity contribution < 1.29 is 9.47 Å². The standard InChI is InChI=1S/C26H19ClN6O3/c1-35-23-10-19-22(29-25(30-26(19)34)20-12-28-21-5-3-2-4-18(20)21)11-24(23)36-14-16-13-33(32-31-16)17-8-6-15(27)7-9-17/h2-13,28H,14H2,1H3,(H,29,30,34). The smallest absolute Gasteiger partial charge is 0.259 e. The topological polar surface area (TPSA) is 111 Å². The summed E-state index contributed by atoms with van der Waals surface area (Å²) in [7, 11) is 1.52. The minimum atomic E-state index is -0.268. The first-order chi connectivity index (χ1) is 17.6. The van der Waals surface area contributed by atoms with Gasteiger partial charge in [-0.15, -0.1) is 5.10 Å². The molecule has 0 fully saturated rings. The molecule has 3 heterocycles. The Bertz CT molecular complexity index is 1770. The number of nitrogens with zero attached hydrogens (tertiary/aromatic N) is 4. The zero-order valence-corrected chi connectivity index (χ0v) is 19.8. The summed E-state index contributed by atoms with van der Waals surface area (Å²) in [4.78, 5) is 23.7. The number of fused-ring (bicyclic) bond motifs is 2. The predicted molar refractivity (Wildman–Crippen MR) is 137 cm³/mol. The molecule has 0 unspecified atom stereocenters. The molecule has 6 aromatic rings. The summed E-state index contributed by atoms with van der Waals surface area (Å²) < 4.78 is 13.1. The lowest BCUT2D eigenvalue weighted by Gasteiger charge is -2.11. The predicted octanol–water partition coefficient (Wildman–Crippen LogP) is 4.89. The van der Waals surface area contributed by atoms with Crippen LogP contribution in [-0.4, -0.2) is 37.1 Å². The first kappa shape index (κ1) is 21.9. The Balaban J connectivity index is 1.32. The summed E-state index contributed by atoms with van der Waals surface area (Å²) in [5.74, 6) is 1.32. The van der Waals surface area contributed by atoms with Crippen molar-refractivity contribution in [3.8, 4) is 28.6 Å². The fourth-order valence-electron chi connectivity index (χ4n) is 4.05. The van der Waals surface area contributed by atoms with Gasteiger partial charge in [-0.3, -0.25) is 4.79 Å². The van der Waals surface area contributed by atoms with Gasteiger partial charge in [-0.05, 0) is 36.4 Å². The lowest BCUT2D eigenvalue weighted by atomic mass is 10.1. The quantitative estimate of drug-likeness (QED) is 0.338. The molecule has 36 heavy (non-hydrogen) atoms. The second kappa shape index (κ2) is 8.86. The number of benzene rings is 3. The summed E-state index contributed by atoms with van der Waals surface area (Å²) in [5.41, 5.74) is 3.43. The van der Waals surface area contributed by atoms with Gasteiger partial charge in [0.25, 0.3) is 5.56 Å². The van der Waals surface area contributed by atoms with E-state index in [1.807, 2.05) is 42.6 Å². The molecule has 0 aliphatic carbocycles. The molecule has 9 nitrogen and oxygen atoms in total. The highest BCUT2D eigenvalue weighted by Crippen LogP contribution is 2.32. The third-order valence-electron chi connectivity index (χ3n) is 5.84. The molecule has 178 valence electrons. The van der Waals surface area contributed by atoms with Gasteiger partial charge in [-0.1, -0.05) is 35.0 Å². The highest BCUT2D eigenvalue weighted by Gasteiger charge is 2.15. The molecular formula is C26H19ClN6O3. The molecule has 0 aliphatic rings. The van der Waals surface area contributed by atoms with Crippen LogP contribution in [0.2, 0.25) is 5.02 Å². The summed E-state index contributed by atoms with van der Waals surface area (Å²) in [5, 5.41) is 10.3. The molecule has 3 aromatic heterocycles. The van der Waals surface area contributed by atoms with Gasteiger partial charge in [0.2, 0.25) is 0 Å². The maximum atomic E-state index is 12.9. The third kappa shape index (κ3) is 3.95. The molecule has 2 N–H and O–H groups in total. The number of hydrogen-bond donors (Lipinski definition) is 2. The number of methoxy groups -OCH3 is 1. The van der Waals surface area contributed by atoms with Gasteiger partial charge in [0.05, 0.1) is 29.9 Å². The normalized spacial score (nSPS) is 11.3. The Morgan fingerprint density at radius 3 is 2.69 bits per heavy atom. The van der Waals surface area contributed by atoms with Gasteiger partial charge in [0, 0.05) is 33.8 Å². The van der Waals surface area contributed by atoms with E-state index in [-0.39, 0.29) is 12.2 Å². The van der Waals surface area contributed by atoms with Crippen LogP contribution >= 0.6 is 11.6 Å². The van der Waals surface area contributed by atoms with E-state index >= 15 is 0 Å². The first-order valence-corrected chi connectivity index (χ1v) is 11.5. The molecule has 0 amide bonds. The van der Waals surface area contributed by atoms with Crippen molar-refractivity contribution in [2.45, 2.75) is 6.61 Å². The highest BCUT2D eigenvalue weighted by atomic mass is 35.5. The van der Waals surface area contributed by atoms with Crippen molar-refractivity contribution in [1.29, 1.82) is 0 Å². The van der Waals surface area contributed by atoms with Crippen molar-refractivity contribution in [2.75, 3.05) is 7.11 Å². The lowest BCUT2D eigenvalue weighted by molar-refractivity contribution is 0.281. The Morgan fingerprint density at radius 1 is 1.03 bits per heavy atom. The first-order valence-electron chi connectivity index (χ1n) is 11.1. The van der Waals surface area contributed by atoms with Crippen molar-refractivity contribution in [3.05, 3.63) is 94.1 Å². The average Bonchev–Trinajstić information content (AvgIpc) is 3.55. The molecule has 0 aliphatic heterocycles. The van der Waals surface area contributed by atoms with Gasteiger partial charge in [-0.25, -0.2) is 9.67 Å². The Hall–Kier alpha value is -4.63. The number of para-hydroxylation sites is 1. The monoisotopic (exact) mass is 498 g/mol. The van der Waals surface area contributed by atoms with E-state index in [9.17, 15) is 4.79 Å². The van der Waals surface area contributed by atoms with Crippen LogP contribution in [0, 0.1) is 0 Å². The zero-order valence-electron chi connectivity index (χ0n) is 19.0. The van der Waals surface area contributed by atoms with Gasteiger partial charge >= 0.3 is 0 Å². The molecule has 6 rings (SSSR count). The number of nitrogens with one attached hydrogen (secondary N) is 2. The molecule has 0 spiro atoms. The van der Waals surface area contributed by atoms with Crippen LogP contribution in [0.4, 0.5) is 0 Å². The number of aromatic amines is 2. The Kier molecular flexibility index (Phi) is 5.38. The number of ether oxygens (including phenoxy) is 2. The minimum absolute atomic E-state index is 0.147. The van der Waals surface area contributed by atoms with Crippen LogP contribution in [-0.2, 0) is 6.61 Å². The van der Waals surface area contributed by atoms with Gasteiger partial charge in [0.1, 0.15) is 18.1 Å². The summed E-state index contributed by atoms with van der Waals surface area (Å²) in [6.45, 7) is 0.147. The van der Waals surface area contributed by atoms with E-state index in [0.29, 0.717) is 38.9 Å². The second-order valence-electron chi connectivity index (χ2n) is 8.10. The number of rotatable bonds is 6. The Morgan fingerprint density at radius 2 is 1.86 bits per heavy atom. The molecule has 0 atom stereocenters. The largest absolute Gasteiger partial charge is 0.493 e. The zero-order chi connectivity index (χ0) is 24.6. The van der Waals surface area contributed by atoms with Crippen molar-refractivity contribution in [3.63, 3.8) is 0 Å².